The van der Waals surface area contributed by atoms with E-state index in [4.69, 9.17) is 0 Å². The number of rotatable bonds is 5. The summed E-state index contributed by atoms with van der Waals surface area (Å²) in [6.07, 6.45) is 0. The Morgan fingerprint density at radius 2 is 1.45 bits per heavy atom. The van der Waals surface area contributed by atoms with Gasteiger partial charge in [0.05, 0.1) is 11.7 Å². The first-order valence-electron chi connectivity index (χ1n) is 8.77. The number of nitrogens with one attached hydrogen (secondary N) is 2. The molecule has 0 aliphatic rings. The van der Waals surface area contributed by atoms with Crippen LogP contribution in [0.2, 0.25) is 0 Å². The highest BCUT2D eigenvalue weighted by Crippen LogP contribution is 2.20. The van der Waals surface area contributed by atoms with Gasteiger partial charge in [-0.25, -0.2) is 13.2 Å². The molecule has 3 aromatic carbocycles. The topological polar surface area (TPSA) is 58.2 Å². The molecule has 0 aliphatic carbocycles. The molecular weight excluding hydrogens is 381 g/mol. The van der Waals surface area contributed by atoms with Gasteiger partial charge in [-0.1, -0.05) is 36.4 Å². The molecule has 1 unspecified atom stereocenters. The second-order valence-corrected chi connectivity index (χ2v) is 6.36. The van der Waals surface area contributed by atoms with Crippen LogP contribution in [-0.2, 0) is 0 Å². The van der Waals surface area contributed by atoms with Crippen LogP contribution in [0.5, 0.6) is 0 Å². The quantitative estimate of drug-likeness (QED) is 0.604. The molecule has 2 amide bonds. The van der Waals surface area contributed by atoms with Crippen LogP contribution in [0.3, 0.4) is 0 Å². The maximum atomic E-state index is 13.8. The fraction of sp³-hybridized carbons (Fsp3) is 0.0909. The van der Waals surface area contributed by atoms with E-state index in [-0.39, 0.29) is 17.2 Å². The van der Waals surface area contributed by atoms with Crippen LogP contribution >= 0.6 is 0 Å². The van der Waals surface area contributed by atoms with Gasteiger partial charge in [0.15, 0.2) is 17.5 Å². The van der Waals surface area contributed by atoms with Crippen LogP contribution in [0.1, 0.15) is 39.2 Å². The van der Waals surface area contributed by atoms with Gasteiger partial charge in [0.1, 0.15) is 0 Å². The van der Waals surface area contributed by atoms with Crippen molar-refractivity contribution in [2.24, 2.45) is 0 Å². The summed E-state index contributed by atoms with van der Waals surface area (Å²) < 4.78 is 40.1. The number of hydrogen-bond donors (Lipinski definition) is 2. The Morgan fingerprint density at radius 1 is 0.793 bits per heavy atom. The number of benzene rings is 3. The standard InChI is InChI=1S/C22H17F3N2O2/c1-13(14-6-3-2-4-7-14)26-21(28)15-8-5-9-16(12-15)22(29)27-18-11-10-17(23)19(24)20(18)25/h2-13H,1H3,(H,26,28)(H,27,29). The van der Waals surface area contributed by atoms with Crippen LogP contribution in [-0.4, -0.2) is 11.8 Å². The summed E-state index contributed by atoms with van der Waals surface area (Å²) in [5.74, 6) is -5.68. The fourth-order valence-electron chi connectivity index (χ4n) is 2.72. The Balaban J connectivity index is 1.74. The molecule has 0 heterocycles. The lowest BCUT2D eigenvalue weighted by molar-refractivity contribution is 0.0940. The minimum Gasteiger partial charge on any atom is -0.346 e. The van der Waals surface area contributed by atoms with Gasteiger partial charge in [-0.3, -0.25) is 9.59 Å². The Kier molecular flexibility index (Phi) is 5.97. The Bertz CT molecular complexity index is 1060. The molecule has 3 aromatic rings. The predicted molar refractivity (Wildman–Crippen MR) is 103 cm³/mol. The molecular formula is C22H17F3N2O2. The summed E-state index contributed by atoms with van der Waals surface area (Å²) in [5.41, 5.74) is 0.713. The molecule has 1 atom stereocenters. The lowest BCUT2D eigenvalue weighted by atomic mass is 10.1. The van der Waals surface area contributed by atoms with Crippen LogP contribution in [0.25, 0.3) is 0 Å². The minimum atomic E-state index is -1.68. The molecule has 4 nitrogen and oxygen atoms in total. The summed E-state index contributed by atoms with van der Waals surface area (Å²) in [6, 6.07) is 16.5. The smallest absolute Gasteiger partial charge is 0.255 e. The van der Waals surface area contributed by atoms with Crippen molar-refractivity contribution < 1.29 is 22.8 Å². The molecule has 0 spiro atoms. The number of carbonyl (C=O) groups excluding carboxylic acids is 2. The van der Waals surface area contributed by atoms with Gasteiger partial charge in [-0.2, -0.15) is 0 Å². The van der Waals surface area contributed by atoms with Gasteiger partial charge in [-0.05, 0) is 42.8 Å². The average molecular weight is 398 g/mol. The van der Waals surface area contributed by atoms with Crippen molar-refractivity contribution in [3.05, 3.63) is 101 Å². The lowest BCUT2D eigenvalue weighted by Gasteiger charge is -2.14. The first-order valence-corrected chi connectivity index (χ1v) is 8.77. The summed E-state index contributed by atoms with van der Waals surface area (Å²) in [5, 5.41) is 5.00. The summed E-state index contributed by atoms with van der Waals surface area (Å²) in [7, 11) is 0. The number of carbonyl (C=O) groups is 2. The molecule has 0 saturated carbocycles. The first kappa shape index (κ1) is 20.1. The zero-order chi connectivity index (χ0) is 21.0. The average Bonchev–Trinajstić information content (AvgIpc) is 2.74. The molecule has 0 saturated heterocycles. The molecule has 7 heteroatoms. The fourth-order valence-corrected chi connectivity index (χ4v) is 2.72. The highest BCUT2D eigenvalue weighted by atomic mass is 19.2. The zero-order valence-corrected chi connectivity index (χ0v) is 15.4. The SMILES string of the molecule is CC(NC(=O)c1cccc(C(=O)Nc2ccc(F)c(F)c2F)c1)c1ccccc1. The van der Waals surface area contributed by atoms with Crippen molar-refractivity contribution in [1.82, 2.24) is 5.32 Å². The van der Waals surface area contributed by atoms with E-state index >= 15 is 0 Å². The second kappa shape index (κ2) is 8.60. The van der Waals surface area contributed by atoms with Gasteiger partial charge in [-0.15, -0.1) is 0 Å². The Labute approximate surface area is 165 Å². The highest BCUT2D eigenvalue weighted by molar-refractivity contribution is 6.06. The molecule has 148 valence electrons. The van der Waals surface area contributed by atoms with E-state index < -0.39 is 35.0 Å². The van der Waals surface area contributed by atoms with Crippen LogP contribution in [0.15, 0.2) is 66.7 Å². The third kappa shape index (κ3) is 4.63. The van der Waals surface area contributed by atoms with E-state index in [1.165, 1.54) is 24.3 Å². The van der Waals surface area contributed by atoms with E-state index in [0.29, 0.717) is 6.07 Å². The molecule has 2 N–H and O–H groups in total. The predicted octanol–water partition coefficient (Wildman–Crippen LogP) is 4.85. The van der Waals surface area contributed by atoms with Gasteiger partial charge >= 0.3 is 0 Å². The summed E-state index contributed by atoms with van der Waals surface area (Å²) in [6.45, 7) is 1.83. The first-order chi connectivity index (χ1) is 13.9. The van der Waals surface area contributed by atoms with Crippen molar-refractivity contribution in [3.63, 3.8) is 0 Å². The monoisotopic (exact) mass is 398 g/mol. The second-order valence-electron chi connectivity index (χ2n) is 6.36. The molecule has 29 heavy (non-hydrogen) atoms. The van der Waals surface area contributed by atoms with Crippen molar-refractivity contribution in [2.45, 2.75) is 13.0 Å². The minimum absolute atomic E-state index is 0.0640. The summed E-state index contributed by atoms with van der Waals surface area (Å²) in [4.78, 5) is 24.9. The van der Waals surface area contributed by atoms with Crippen molar-refractivity contribution in [1.29, 1.82) is 0 Å². The number of halogens is 3. The molecule has 0 radical (unpaired) electrons. The highest BCUT2D eigenvalue weighted by Gasteiger charge is 2.17. The van der Waals surface area contributed by atoms with Gasteiger partial charge in [0.25, 0.3) is 11.8 Å². The maximum absolute atomic E-state index is 13.8. The number of amides is 2. The number of hydrogen-bond acceptors (Lipinski definition) is 2. The van der Waals surface area contributed by atoms with Crippen molar-refractivity contribution >= 4 is 17.5 Å². The normalized spacial score (nSPS) is 11.6. The Hall–Kier alpha value is -3.61. The third-order valence-electron chi connectivity index (χ3n) is 4.32. The zero-order valence-electron chi connectivity index (χ0n) is 15.4. The molecule has 3 rings (SSSR count). The van der Waals surface area contributed by atoms with E-state index in [2.05, 4.69) is 10.6 Å². The van der Waals surface area contributed by atoms with Crippen LogP contribution in [0, 0.1) is 17.5 Å². The van der Waals surface area contributed by atoms with Gasteiger partial charge < -0.3 is 10.6 Å². The number of anilines is 1. The van der Waals surface area contributed by atoms with E-state index in [9.17, 15) is 22.8 Å². The Morgan fingerprint density at radius 3 is 2.14 bits per heavy atom. The molecule has 0 aromatic heterocycles. The largest absolute Gasteiger partial charge is 0.346 e. The van der Waals surface area contributed by atoms with Crippen LogP contribution < -0.4 is 10.6 Å². The third-order valence-corrected chi connectivity index (χ3v) is 4.32. The van der Waals surface area contributed by atoms with E-state index in [0.717, 1.165) is 11.6 Å². The van der Waals surface area contributed by atoms with Crippen molar-refractivity contribution in [3.8, 4) is 0 Å². The molecule has 0 aliphatic heterocycles. The van der Waals surface area contributed by atoms with Crippen LogP contribution in [0.4, 0.5) is 18.9 Å². The van der Waals surface area contributed by atoms with E-state index in [1.54, 1.807) is 0 Å². The molecule has 0 fully saturated rings. The van der Waals surface area contributed by atoms with Gasteiger partial charge in [0, 0.05) is 11.1 Å². The molecule has 0 bridgehead atoms. The van der Waals surface area contributed by atoms with Crippen molar-refractivity contribution in [2.75, 3.05) is 5.32 Å². The summed E-state index contributed by atoms with van der Waals surface area (Å²) >= 11 is 0. The van der Waals surface area contributed by atoms with Gasteiger partial charge in [0.2, 0.25) is 0 Å². The maximum Gasteiger partial charge on any atom is 0.255 e. The van der Waals surface area contributed by atoms with E-state index in [1.807, 2.05) is 37.3 Å². The lowest BCUT2D eigenvalue weighted by Crippen LogP contribution is -2.27.